The summed E-state index contributed by atoms with van der Waals surface area (Å²) in [5.41, 5.74) is 5.68. The van der Waals surface area contributed by atoms with E-state index < -0.39 is 29.5 Å². The highest BCUT2D eigenvalue weighted by atomic mass is 16.6. The number of carboxylic acids is 1. The molecule has 0 radical (unpaired) electrons. The van der Waals surface area contributed by atoms with Crippen LogP contribution in [0.25, 0.3) is 0 Å². The maximum Gasteiger partial charge on any atom is 0.322 e. The minimum Gasteiger partial charge on any atom is -0.497 e. The van der Waals surface area contributed by atoms with Gasteiger partial charge in [-0.3, -0.25) is 9.59 Å². The molecule has 1 aromatic carbocycles. The van der Waals surface area contributed by atoms with Crippen LogP contribution in [0.15, 0.2) is 24.3 Å². The van der Waals surface area contributed by atoms with Crippen molar-refractivity contribution >= 4 is 11.9 Å². The number of carbonyl (C=O) groups is 2. The van der Waals surface area contributed by atoms with Crippen molar-refractivity contribution in [1.82, 2.24) is 0 Å². The lowest BCUT2D eigenvalue weighted by molar-refractivity contribution is -0.167. The Kier molecular flexibility index (Phi) is 5.32. The van der Waals surface area contributed by atoms with Crippen molar-refractivity contribution in [1.29, 1.82) is 0 Å². The number of ether oxygens (including phenoxy) is 2. The smallest absolute Gasteiger partial charge is 0.322 e. The Balaban J connectivity index is 2.98. The minimum absolute atomic E-state index is 0.522. The first kappa shape index (κ1) is 17.0. The van der Waals surface area contributed by atoms with E-state index in [-0.39, 0.29) is 0 Å². The number of aliphatic carboxylic acids is 1. The van der Waals surface area contributed by atoms with Crippen LogP contribution in [0.4, 0.5) is 0 Å². The molecule has 3 N–H and O–H groups in total. The van der Waals surface area contributed by atoms with Gasteiger partial charge in [0.2, 0.25) is 0 Å². The Morgan fingerprint density at radius 3 is 2.10 bits per heavy atom. The lowest BCUT2D eigenvalue weighted by Gasteiger charge is -2.25. The third-order valence-corrected chi connectivity index (χ3v) is 2.79. The minimum atomic E-state index is -1.46. The largest absolute Gasteiger partial charge is 0.497 e. The van der Waals surface area contributed by atoms with Gasteiger partial charge in [0.05, 0.1) is 13.2 Å². The third kappa shape index (κ3) is 4.75. The van der Waals surface area contributed by atoms with Gasteiger partial charge in [-0.2, -0.15) is 0 Å². The molecule has 2 unspecified atom stereocenters. The van der Waals surface area contributed by atoms with E-state index >= 15 is 0 Å². The molecule has 0 amide bonds. The quantitative estimate of drug-likeness (QED) is 0.634. The highest BCUT2D eigenvalue weighted by molar-refractivity contribution is 5.95. The highest BCUT2D eigenvalue weighted by Gasteiger charge is 2.37. The van der Waals surface area contributed by atoms with Gasteiger partial charge < -0.3 is 20.3 Å². The van der Waals surface area contributed by atoms with Gasteiger partial charge in [-0.25, -0.2) is 0 Å². The van der Waals surface area contributed by atoms with Crippen molar-refractivity contribution in [2.45, 2.75) is 32.4 Å². The molecule has 0 aromatic heterocycles. The van der Waals surface area contributed by atoms with Crippen LogP contribution >= 0.6 is 0 Å². The van der Waals surface area contributed by atoms with Crippen LogP contribution in [0, 0.1) is 5.92 Å². The summed E-state index contributed by atoms with van der Waals surface area (Å²) < 4.78 is 10.1. The first-order valence-electron chi connectivity index (χ1n) is 6.51. The fraction of sp³-hybridized carbons (Fsp3) is 0.467. The zero-order valence-electron chi connectivity index (χ0n) is 12.6. The zero-order valence-corrected chi connectivity index (χ0v) is 12.6. The van der Waals surface area contributed by atoms with Crippen molar-refractivity contribution < 1.29 is 24.2 Å². The van der Waals surface area contributed by atoms with Gasteiger partial charge in [0.25, 0.3) is 0 Å². The second-order valence-corrected chi connectivity index (χ2v) is 5.65. The highest BCUT2D eigenvalue weighted by Crippen LogP contribution is 2.25. The molecular formula is C15H21NO5. The average molecular weight is 295 g/mol. The number of methoxy groups -OCH3 is 1. The second kappa shape index (κ2) is 6.58. The lowest BCUT2D eigenvalue weighted by Crippen LogP contribution is -2.39. The van der Waals surface area contributed by atoms with E-state index in [1.54, 1.807) is 45.0 Å². The van der Waals surface area contributed by atoms with Gasteiger partial charge in [-0.05, 0) is 38.5 Å². The first-order chi connectivity index (χ1) is 9.65. The number of nitrogens with two attached hydrogens (primary N) is 1. The molecule has 2 atom stereocenters. The van der Waals surface area contributed by atoms with Crippen LogP contribution in [0.1, 0.15) is 32.4 Å². The summed E-state index contributed by atoms with van der Waals surface area (Å²) in [5, 5.41) is 9.27. The van der Waals surface area contributed by atoms with Crippen LogP contribution in [0.3, 0.4) is 0 Å². The molecule has 0 saturated heterocycles. The molecule has 21 heavy (non-hydrogen) atoms. The predicted molar refractivity (Wildman–Crippen MR) is 76.9 cm³/mol. The monoisotopic (exact) mass is 295 g/mol. The maximum absolute atomic E-state index is 12.0. The standard InChI is InChI=1S/C15H21NO5/c1-15(2,3)21-14(19)11(13(17)18)12(16)9-5-7-10(20-4)8-6-9/h5-8,11-12H,16H2,1-4H3,(H,17,18). The molecule has 0 aliphatic rings. The van der Waals surface area contributed by atoms with Crippen molar-refractivity contribution in [3.63, 3.8) is 0 Å². The van der Waals surface area contributed by atoms with E-state index in [1.807, 2.05) is 0 Å². The Bertz CT molecular complexity index is 504. The van der Waals surface area contributed by atoms with Gasteiger partial charge in [0.15, 0.2) is 5.92 Å². The summed E-state index contributed by atoms with van der Waals surface area (Å²) in [6, 6.07) is 5.57. The predicted octanol–water partition coefficient (Wildman–Crippen LogP) is 1.74. The Labute approximate surface area is 123 Å². The van der Waals surface area contributed by atoms with Crippen molar-refractivity contribution in [2.24, 2.45) is 11.7 Å². The molecule has 116 valence electrons. The molecule has 1 aromatic rings. The normalized spacial score (nSPS) is 14.1. The van der Waals surface area contributed by atoms with E-state index in [0.29, 0.717) is 11.3 Å². The molecule has 1 rings (SSSR count). The molecule has 6 heteroatoms. The van der Waals surface area contributed by atoms with Gasteiger partial charge in [0.1, 0.15) is 11.4 Å². The maximum atomic E-state index is 12.0. The Hall–Kier alpha value is -2.08. The fourth-order valence-electron chi connectivity index (χ4n) is 1.78. The van der Waals surface area contributed by atoms with E-state index in [9.17, 15) is 14.7 Å². The van der Waals surface area contributed by atoms with E-state index in [4.69, 9.17) is 15.2 Å². The Morgan fingerprint density at radius 2 is 1.71 bits per heavy atom. The lowest BCUT2D eigenvalue weighted by atomic mass is 9.93. The van der Waals surface area contributed by atoms with Gasteiger partial charge in [0, 0.05) is 0 Å². The van der Waals surface area contributed by atoms with Crippen LogP contribution < -0.4 is 10.5 Å². The van der Waals surface area contributed by atoms with Crippen LogP contribution in [-0.2, 0) is 14.3 Å². The van der Waals surface area contributed by atoms with E-state index in [0.717, 1.165) is 0 Å². The Morgan fingerprint density at radius 1 is 1.19 bits per heavy atom. The summed E-state index contributed by atoms with van der Waals surface area (Å²) in [7, 11) is 1.52. The number of carbonyl (C=O) groups excluding carboxylic acids is 1. The molecular weight excluding hydrogens is 274 g/mol. The molecule has 0 saturated carbocycles. The van der Waals surface area contributed by atoms with Gasteiger partial charge in [-0.15, -0.1) is 0 Å². The molecule has 0 aliphatic heterocycles. The number of carboxylic acid groups (broad SMARTS) is 1. The van der Waals surface area contributed by atoms with Crippen LogP contribution in [0.5, 0.6) is 5.75 Å². The van der Waals surface area contributed by atoms with Crippen molar-refractivity contribution in [3.8, 4) is 5.75 Å². The van der Waals surface area contributed by atoms with E-state index in [1.165, 1.54) is 7.11 Å². The average Bonchev–Trinajstić information content (AvgIpc) is 2.36. The summed E-state index contributed by atoms with van der Waals surface area (Å²) >= 11 is 0. The van der Waals surface area contributed by atoms with Crippen LogP contribution in [0.2, 0.25) is 0 Å². The number of esters is 1. The summed E-state index contributed by atoms with van der Waals surface area (Å²) in [5.74, 6) is -3.00. The number of rotatable bonds is 5. The first-order valence-corrected chi connectivity index (χ1v) is 6.51. The third-order valence-electron chi connectivity index (χ3n) is 2.79. The van der Waals surface area contributed by atoms with Crippen molar-refractivity contribution in [2.75, 3.05) is 7.11 Å². The van der Waals surface area contributed by atoms with Gasteiger partial charge >= 0.3 is 11.9 Å². The topological polar surface area (TPSA) is 98.9 Å². The fourth-order valence-corrected chi connectivity index (χ4v) is 1.78. The summed E-state index contributed by atoms with van der Waals surface area (Å²) in [6.07, 6.45) is 0. The molecule has 0 heterocycles. The summed E-state index contributed by atoms with van der Waals surface area (Å²) in [4.78, 5) is 23.4. The van der Waals surface area contributed by atoms with Gasteiger partial charge in [-0.1, -0.05) is 12.1 Å². The molecule has 0 aliphatic carbocycles. The molecule has 0 fully saturated rings. The summed E-state index contributed by atoms with van der Waals surface area (Å²) in [6.45, 7) is 5.01. The molecule has 0 spiro atoms. The SMILES string of the molecule is COc1ccc(C(N)C(C(=O)O)C(=O)OC(C)(C)C)cc1. The molecule has 6 nitrogen and oxygen atoms in total. The second-order valence-electron chi connectivity index (χ2n) is 5.65. The number of hydrogen-bond donors (Lipinski definition) is 2. The van der Waals surface area contributed by atoms with Crippen LogP contribution in [-0.4, -0.2) is 29.8 Å². The zero-order chi connectivity index (χ0) is 16.2. The number of benzene rings is 1. The van der Waals surface area contributed by atoms with Crippen molar-refractivity contribution in [3.05, 3.63) is 29.8 Å². The molecule has 0 bridgehead atoms. The van der Waals surface area contributed by atoms with E-state index in [2.05, 4.69) is 0 Å². The number of hydrogen-bond acceptors (Lipinski definition) is 5.